The topological polar surface area (TPSA) is 85.1 Å². The molecule has 0 spiro atoms. The van der Waals surface area contributed by atoms with Gasteiger partial charge >= 0.3 is 0 Å². The molecule has 0 bridgehead atoms. The number of halogens is 2. The second-order valence-corrected chi connectivity index (χ2v) is 11.0. The third kappa shape index (κ3) is 4.73. The van der Waals surface area contributed by atoms with Crippen molar-refractivity contribution in [2.24, 2.45) is 11.7 Å². The monoisotopic (exact) mass is 537 g/mol. The van der Waals surface area contributed by atoms with E-state index < -0.39 is 5.91 Å². The Morgan fingerprint density at radius 1 is 1.14 bits per heavy atom. The fourth-order valence-corrected chi connectivity index (χ4v) is 6.66. The van der Waals surface area contributed by atoms with E-state index in [1.807, 2.05) is 30.3 Å². The maximum atomic E-state index is 13.7. The summed E-state index contributed by atoms with van der Waals surface area (Å²) in [6.07, 6.45) is 5.06. The number of hydrogen-bond acceptors (Lipinski definition) is 4. The predicted molar refractivity (Wildman–Crippen MR) is 148 cm³/mol. The summed E-state index contributed by atoms with van der Waals surface area (Å²) in [6.45, 7) is 2.19. The highest BCUT2D eigenvalue weighted by atomic mass is 35.5. The highest BCUT2D eigenvalue weighted by molar-refractivity contribution is 7.17. The van der Waals surface area contributed by atoms with Crippen LogP contribution < -0.4 is 11.1 Å². The van der Waals surface area contributed by atoms with Crippen LogP contribution in [0.3, 0.4) is 0 Å². The highest BCUT2D eigenvalue weighted by Gasteiger charge is 2.29. The molecule has 184 valence electrons. The average molecular weight is 539 g/mol. The molecular formula is C28H25Cl2N3O2S. The zero-order chi connectivity index (χ0) is 25.4. The Morgan fingerprint density at radius 3 is 2.69 bits per heavy atom. The van der Waals surface area contributed by atoms with E-state index in [1.165, 1.54) is 11.3 Å². The lowest BCUT2D eigenvalue weighted by Crippen LogP contribution is -2.20. The van der Waals surface area contributed by atoms with Crippen LogP contribution >= 0.6 is 34.5 Å². The number of aromatic nitrogens is 1. The number of benzene rings is 2. The van der Waals surface area contributed by atoms with Gasteiger partial charge in [0.25, 0.3) is 11.8 Å². The maximum Gasteiger partial charge on any atom is 0.257 e. The summed E-state index contributed by atoms with van der Waals surface area (Å²) in [5, 5.41) is 5.09. The molecule has 2 amide bonds. The molecule has 0 aliphatic heterocycles. The molecule has 2 aromatic carbocycles. The number of carbonyl (C=O) groups is 2. The van der Waals surface area contributed by atoms with Crippen molar-refractivity contribution in [1.29, 1.82) is 0 Å². The number of nitrogens with zero attached hydrogens (tertiary/aromatic N) is 1. The Bertz CT molecular complexity index is 1500. The largest absolute Gasteiger partial charge is 0.365 e. The van der Waals surface area contributed by atoms with Gasteiger partial charge in [0.1, 0.15) is 5.00 Å². The lowest BCUT2D eigenvalue weighted by molar-refractivity contribution is 0.1000. The van der Waals surface area contributed by atoms with Crippen LogP contribution in [-0.4, -0.2) is 16.8 Å². The molecule has 1 aliphatic carbocycles. The number of rotatable bonds is 6. The number of thiophene rings is 1. The molecule has 1 aliphatic rings. The Labute approximate surface area is 223 Å². The zero-order valence-corrected chi connectivity index (χ0v) is 22.1. The van der Waals surface area contributed by atoms with E-state index in [4.69, 9.17) is 33.9 Å². The molecule has 5 nitrogen and oxygen atoms in total. The number of carbonyl (C=O) groups excluding carboxylic acids is 2. The van der Waals surface area contributed by atoms with Crippen LogP contribution in [0.2, 0.25) is 10.0 Å². The number of amides is 2. The Kier molecular flexibility index (Phi) is 7.02. The number of hydrogen-bond donors (Lipinski definition) is 2. The Balaban J connectivity index is 1.55. The van der Waals surface area contributed by atoms with Gasteiger partial charge in [-0.3, -0.25) is 9.59 Å². The van der Waals surface area contributed by atoms with Crippen molar-refractivity contribution in [2.75, 3.05) is 5.32 Å². The van der Waals surface area contributed by atoms with Gasteiger partial charge in [0.05, 0.1) is 32.4 Å². The average Bonchev–Trinajstić information content (AvgIpc) is 3.22. The Morgan fingerprint density at radius 2 is 1.94 bits per heavy atom. The summed E-state index contributed by atoms with van der Waals surface area (Å²) in [5.41, 5.74) is 9.70. The number of para-hydroxylation sites is 1. The van der Waals surface area contributed by atoms with Crippen LogP contribution in [-0.2, 0) is 12.8 Å². The first-order valence-corrected chi connectivity index (χ1v) is 13.5. The van der Waals surface area contributed by atoms with Gasteiger partial charge in [0, 0.05) is 15.8 Å². The first-order chi connectivity index (χ1) is 17.4. The molecule has 0 saturated carbocycles. The highest BCUT2D eigenvalue weighted by Crippen LogP contribution is 2.41. The van der Waals surface area contributed by atoms with Gasteiger partial charge in [-0.1, -0.05) is 67.2 Å². The molecule has 0 fully saturated rings. The molecule has 3 N–H and O–H groups in total. The fourth-order valence-electron chi connectivity index (χ4n) is 4.99. The van der Waals surface area contributed by atoms with E-state index in [0.717, 1.165) is 48.1 Å². The molecule has 1 atom stereocenters. The van der Waals surface area contributed by atoms with E-state index in [9.17, 15) is 9.59 Å². The van der Waals surface area contributed by atoms with Crippen LogP contribution in [0.5, 0.6) is 0 Å². The third-order valence-electron chi connectivity index (χ3n) is 6.71. The molecule has 8 heteroatoms. The number of fused-ring (bicyclic) bond motifs is 2. The van der Waals surface area contributed by atoms with Gasteiger partial charge in [0.2, 0.25) is 0 Å². The second kappa shape index (κ2) is 10.2. The summed E-state index contributed by atoms with van der Waals surface area (Å²) >= 11 is 13.8. The standard InChI is InChI=1S/C28H25Cl2N3O2S/c1-2-5-15-8-10-18-24(12-15)36-28(25(18)26(31)34)33-27(35)19-14-23(16-9-11-20(29)21(30)13-16)32-22-7-4-3-6-17(19)22/h3-4,6-7,9,11,13-15H,2,5,8,10,12H2,1H3,(H2,31,34)(H,33,35). The quantitative estimate of drug-likeness (QED) is 0.266. The normalized spacial score (nSPS) is 15.0. The van der Waals surface area contributed by atoms with Gasteiger partial charge in [-0.2, -0.15) is 0 Å². The minimum absolute atomic E-state index is 0.318. The Hall–Kier alpha value is -2.93. The number of pyridine rings is 1. The van der Waals surface area contributed by atoms with Crippen LogP contribution in [0, 0.1) is 5.92 Å². The smallest absolute Gasteiger partial charge is 0.257 e. The molecule has 0 radical (unpaired) electrons. The lowest BCUT2D eigenvalue weighted by atomic mass is 9.84. The van der Waals surface area contributed by atoms with E-state index in [1.54, 1.807) is 18.2 Å². The molecule has 36 heavy (non-hydrogen) atoms. The van der Waals surface area contributed by atoms with Crippen molar-refractivity contribution in [2.45, 2.75) is 39.0 Å². The summed E-state index contributed by atoms with van der Waals surface area (Å²) in [6, 6.07) is 14.5. The minimum atomic E-state index is -0.507. The SMILES string of the molecule is CCCC1CCc2c(sc(NC(=O)c3cc(-c4ccc(Cl)c(Cl)c4)nc4ccccc34)c2C(N)=O)C1. The van der Waals surface area contributed by atoms with Gasteiger partial charge in [0.15, 0.2) is 0 Å². The third-order valence-corrected chi connectivity index (χ3v) is 8.62. The second-order valence-electron chi connectivity index (χ2n) is 9.12. The lowest BCUT2D eigenvalue weighted by Gasteiger charge is -2.21. The number of nitrogens with one attached hydrogen (secondary N) is 1. The van der Waals surface area contributed by atoms with E-state index in [-0.39, 0.29) is 5.91 Å². The van der Waals surface area contributed by atoms with Crippen LogP contribution in [0.15, 0.2) is 48.5 Å². The van der Waals surface area contributed by atoms with Crippen LogP contribution in [0.1, 0.15) is 57.3 Å². The molecule has 1 unspecified atom stereocenters. The summed E-state index contributed by atoms with van der Waals surface area (Å²) < 4.78 is 0. The van der Waals surface area contributed by atoms with Crippen LogP contribution in [0.25, 0.3) is 22.2 Å². The molecule has 2 heterocycles. The van der Waals surface area contributed by atoms with Crippen molar-refractivity contribution in [1.82, 2.24) is 4.98 Å². The molecule has 2 aromatic heterocycles. The van der Waals surface area contributed by atoms with Gasteiger partial charge < -0.3 is 11.1 Å². The summed E-state index contributed by atoms with van der Waals surface area (Å²) in [5.74, 6) is -0.225. The molecular weight excluding hydrogens is 513 g/mol. The summed E-state index contributed by atoms with van der Waals surface area (Å²) in [4.78, 5) is 32.0. The van der Waals surface area contributed by atoms with Crippen molar-refractivity contribution in [3.8, 4) is 11.3 Å². The minimum Gasteiger partial charge on any atom is -0.365 e. The fraction of sp³-hybridized carbons (Fsp3) is 0.250. The van der Waals surface area contributed by atoms with Crippen LogP contribution in [0.4, 0.5) is 5.00 Å². The molecule has 5 rings (SSSR count). The van der Waals surface area contributed by atoms with Crippen molar-refractivity contribution >= 4 is 62.3 Å². The maximum absolute atomic E-state index is 13.7. The zero-order valence-electron chi connectivity index (χ0n) is 19.7. The first kappa shape index (κ1) is 24.8. The number of primary amides is 1. The van der Waals surface area contributed by atoms with Gasteiger partial charge in [-0.05, 0) is 55.0 Å². The van der Waals surface area contributed by atoms with Gasteiger partial charge in [-0.15, -0.1) is 11.3 Å². The molecule has 0 saturated heterocycles. The van der Waals surface area contributed by atoms with Crippen molar-refractivity contribution in [3.63, 3.8) is 0 Å². The van der Waals surface area contributed by atoms with E-state index in [0.29, 0.717) is 48.7 Å². The predicted octanol–water partition coefficient (Wildman–Crippen LogP) is 7.53. The summed E-state index contributed by atoms with van der Waals surface area (Å²) in [7, 11) is 0. The number of anilines is 1. The van der Waals surface area contributed by atoms with E-state index in [2.05, 4.69) is 12.2 Å². The first-order valence-electron chi connectivity index (χ1n) is 12.0. The van der Waals surface area contributed by atoms with Crippen molar-refractivity contribution < 1.29 is 9.59 Å². The van der Waals surface area contributed by atoms with Gasteiger partial charge in [-0.25, -0.2) is 4.98 Å². The molecule has 4 aromatic rings. The van der Waals surface area contributed by atoms with Crippen molar-refractivity contribution in [3.05, 3.63) is 80.1 Å². The van der Waals surface area contributed by atoms with E-state index >= 15 is 0 Å². The number of nitrogens with two attached hydrogens (primary N) is 1.